The summed E-state index contributed by atoms with van der Waals surface area (Å²) in [6.07, 6.45) is 4.93. The molecule has 0 spiro atoms. The first-order valence-corrected chi connectivity index (χ1v) is 13.8. The normalized spacial score (nSPS) is 14.5. The van der Waals surface area contributed by atoms with Gasteiger partial charge in [0.25, 0.3) is 0 Å². The predicted molar refractivity (Wildman–Crippen MR) is 155 cm³/mol. The van der Waals surface area contributed by atoms with Crippen molar-refractivity contribution in [3.63, 3.8) is 0 Å². The van der Waals surface area contributed by atoms with Crippen molar-refractivity contribution < 1.29 is 13.9 Å². The maximum Gasteiger partial charge on any atom is 0.410 e. The molecule has 1 N–H and O–H groups in total. The zero-order chi connectivity index (χ0) is 28.7. The molecule has 5 heterocycles. The average molecular weight is 551 g/mol. The van der Waals surface area contributed by atoms with Crippen molar-refractivity contribution in [2.75, 3.05) is 13.1 Å². The summed E-state index contributed by atoms with van der Waals surface area (Å²) in [7, 11) is 0. The Bertz CT molecular complexity index is 1800. The fourth-order valence-corrected chi connectivity index (χ4v) is 5.55. The van der Waals surface area contributed by atoms with Crippen LogP contribution in [0.2, 0.25) is 0 Å². The molecule has 1 aliphatic heterocycles. The van der Waals surface area contributed by atoms with Gasteiger partial charge >= 0.3 is 6.09 Å². The highest BCUT2D eigenvalue weighted by atomic mass is 19.1. The van der Waals surface area contributed by atoms with Crippen LogP contribution in [0.5, 0.6) is 0 Å². The number of nitrogens with zero attached hydrogens (tertiary/aromatic N) is 5. The molecule has 0 atom stereocenters. The van der Waals surface area contributed by atoms with Crippen molar-refractivity contribution >= 4 is 28.2 Å². The minimum atomic E-state index is -0.512. The van der Waals surface area contributed by atoms with Gasteiger partial charge in [-0.3, -0.25) is 0 Å². The highest BCUT2D eigenvalue weighted by molar-refractivity contribution is 5.94. The van der Waals surface area contributed by atoms with Gasteiger partial charge in [-0.2, -0.15) is 5.26 Å². The van der Waals surface area contributed by atoms with Crippen molar-refractivity contribution in [3.8, 4) is 17.3 Å². The quantitative estimate of drug-likeness (QED) is 0.267. The van der Waals surface area contributed by atoms with E-state index in [0.717, 1.165) is 51.8 Å². The monoisotopic (exact) mass is 550 g/mol. The lowest BCUT2D eigenvalue weighted by Gasteiger charge is -2.33. The van der Waals surface area contributed by atoms with Gasteiger partial charge in [0.2, 0.25) is 0 Å². The number of hydrogen-bond acceptors (Lipinski definition) is 5. The van der Waals surface area contributed by atoms with E-state index in [-0.39, 0.29) is 17.8 Å². The third-order valence-corrected chi connectivity index (χ3v) is 7.50. The first kappa shape index (κ1) is 26.5. The Labute approximate surface area is 237 Å². The molecule has 0 unspecified atom stereocenters. The van der Waals surface area contributed by atoms with Crippen LogP contribution in [-0.4, -0.2) is 49.2 Å². The molecule has 8 nitrogen and oxygen atoms in total. The maximum absolute atomic E-state index is 13.8. The summed E-state index contributed by atoms with van der Waals surface area (Å²) in [6.45, 7) is 7.30. The van der Waals surface area contributed by atoms with Crippen LogP contribution in [0.1, 0.15) is 56.4 Å². The zero-order valence-electron chi connectivity index (χ0n) is 23.3. The number of piperidine rings is 1. The van der Waals surface area contributed by atoms with Gasteiger partial charge in [-0.25, -0.2) is 19.2 Å². The first-order valence-electron chi connectivity index (χ1n) is 13.8. The number of carbonyl (C=O) groups excluding carboxylic acids is 1. The van der Waals surface area contributed by atoms with Gasteiger partial charge in [0.1, 0.15) is 28.8 Å². The molecule has 0 aliphatic carbocycles. The number of rotatable bonds is 4. The molecule has 9 heteroatoms. The minimum Gasteiger partial charge on any atom is -0.444 e. The van der Waals surface area contributed by atoms with E-state index in [1.807, 2.05) is 49.6 Å². The van der Waals surface area contributed by atoms with Gasteiger partial charge in [-0.05, 0) is 75.6 Å². The number of likely N-dealkylation sites (tertiary alicyclic amines) is 1. The van der Waals surface area contributed by atoms with Crippen LogP contribution < -0.4 is 0 Å². The Morgan fingerprint density at radius 1 is 1.15 bits per heavy atom. The van der Waals surface area contributed by atoms with Crippen LogP contribution >= 0.6 is 0 Å². The Morgan fingerprint density at radius 3 is 2.68 bits per heavy atom. The standard InChI is InChI=1S/C32H31FN6O2/c1-32(2,3)41-31(40)38-13-10-21(11-14-38)28-16-26-25(9-12-35-29(26)36-28)27-8-7-24-22(17-34)19-39(30(24)37-27)18-20-5-4-6-23(33)15-20/h4-9,12,15-16,19,21H,10-11,13-14,18H2,1-3H3,(H,35,36). The number of pyridine rings is 2. The molecule has 0 saturated carbocycles. The minimum absolute atomic E-state index is 0.264. The molecule has 1 fully saturated rings. The third kappa shape index (κ3) is 5.38. The van der Waals surface area contributed by atoms with Crippen molar-refractivity contribution in [1.82, 2.24) is 24.4 Å². The number of amides is 1. The van der Waals surface area contributed by atoms with Gasteiger partial charge in [0.15, 0.2) is 0 Å². The molecule has 41 heavy (non-hydrogen) atoms. The van der Waals surface area contributed by atoms with Crippen LogP contribution in [0.25, 0.3) is 33.3 Å². The first-order chi connectivity index (χ1) is 19.7. The third-order valence-electron chi connectivity index (χ3n) is 7.50. The van der Waals surface area contributed by atoms with E-state index >= 15 is 0 Å². The summed E-state index contributed by atoms with van der Waals surface area (Å²) in [4.78, 5) is 27.3. The number of H-pyrrole nitrogens is 1. The second-order valence-electron chi connectivity index (χ2n) is 11.6. The van der Waals surface area contributed by atoms with E-state index in [1.54, 1.807) is 23.4 Å². The number of aromatic amines is 1. The fraction of sp³-hybridized carbons (Fsp3) is 0.312. The number of halogens is 1. The summed E-state index contributed by atoms with van der Waals surface area (Å²) in [5, 5.41) is 11.4. The van der Waals surface area contributed by atoms with Crippen LogP contribution in [-0.2, 0) is 11.3 Å². The van der Waals surface area contributed by atoms with Crippen LogP contribution in [0.3, 0.4) is 0 Å². The molecule has 1 saturated heterocycles. The number of hydrogen-bond donors (Lipinski definition) is 1. The van der Waals surface area contributed by atoms with Gasteiger partial charge in [0.05, 0.1) is 11.3 Å². The van der Waals surface area contributed by atoms with Gasteiger partial charge < -0.3 is 19.2 Å². The van der Waals surface area contributed by atoms with Crippen LogP contribution in [0.15, 0.2) is 60.9 Å². The zero-order valence-corrected chi connectivity index (χ0v) is 23.3. The molecule has 6 rings (SSSR count). The Hall–Kier alpha value is -4.71. The van der Waals surface area contributed by atoms with Crippen molar-refractivity contribution in [1.29, 1.82) is 5.26 Å². The summed E-state index contributed by atoms with van der Waals surface area (Å²) < 4.78 is 21.3. The summed E-state index contributed by atoms with van der Waals surface area (Å²) >= 11 is 0. The summed E-state index contributed by atoms with van der Waals surface area (Å²) in [6, 6.07) is 16.6. The SMILES string of the molecule is CC(C)(C)OC(=O)N1CCC(c2cc3c(-c4ccc5c(C#N)cn(Cc6cccc(F)c6)c5n4)ccnc3[nH]2)CC1. The molecule has 5 aromatic rings. The second-order valence-corrected chi connectivity index (χ2v) is 11.6. The topological polar surface area (TPSA) is 99.8 Å². The number of carbonyl (C=O) groups is 1. The van der Waals surface area contributed by atoms with E-state index in [2.05, 4.69) is 22.1 Å². The molecule has 1 aliphatic rings. The molecule has 0 bridgehead atoms. The molecule has 0 radical (unpaired) electrons. The lowest BCUT2D eigenvalue weighted by Crippen LogP contribution is -2.41. The maximum atomic E-state index is 13.8. The summed E-state index contributed by atoms with van der Waals surface area (Å²) in [5.74, 6) is -0.0288. The van der Waals surface area contributed by atoms with E-state index in [9.17, 15) is 14.4 Å². The van der Waals surface area contributed by atoms with E-state index in [1.165, 1.54) is 12.1 Å². The Balaban J connectivity index is 1.29. The smallest absolute Gasteiger partial charge is 0.410 e. The fourth-order valence-electron chi connectivity index (χ4n) is 5.55. The number of ether oxygens (including phenoxy) is 1. The number of benzene rings is 1. The molecular formula is C32H31FN6O2. The van der Waals surface area contributed by atoms with E-state index < -0.39 is 5.60 Å². The lowest BCUT2D eigenvalue weighted by atomic mass is 9.93. The van der Waals surface area contributed by atoms with Crippen LogP contribution in [0.4, 0.5) is 9.18 Å². The van der Waals surface area contributed by atoms with Crippen molar-refractivity contribution in [2.45, 2.75) is 51.7 Å². The molecular weight excluding hydrogens is 519 g/mol. The van der Waals surface area contributed by atoms with E-state index in [4.69, 9.17) is 9.72 Å². The highest BCUT2D eigenvalue weighted by Crippen LogP contribution is 2.34. The van der Waals surface area contributed by atoms with Gasteiger partial charge in [-0.15, -0.1) is 0 Å². The van der Waals surface area contributed by atoms with Crippen molar-refractivity contribution in [3.05, 3.63) is 83.6 Å². The average Bonchev–Trinajstić information content (AvgIpc) is 3.53. The molecule has 1 aromatic carbocycles. The summed E-state index contributed by atoms with van der Waals surface area (Å²) in [5.41, 5.74) is 5.03. The highest BCUT2D eigenvalue weighted by Gasteiger charge is 2.28. The van der Waals surface area contributed by atoms with Crippen LogP contribution in [0, 0.1) is 17.1 Å². The number of fused-ring (bicyclic) bond motifs is 2. The number of nitriles is 1. The van der Waals surface area contributed by atoms with Gasteiger partial charge in [-0.1, -0.05) is 12.1 Å². The number of aromatic nitrogens is 4. The largest absolute Gasteiger partial charge is 0.444 e. The lowest BCUT2D eigenvalue weighted by molar-refractivity contribution is 0.0204. The van der Waals surface area contributed by atoms with E-state index in [0.29, 0.717) is 30.8 Å². The molecule has 4 aromatic heterocycles. The molecule has 1 amide bonds. The predicted octanol–water partition coefficient (Wildman–Crippen LogP) is 6.75. The van der Waals surface area contributed by atoms with Gasteiger partial charge in [0, 0.05) is 60.0 Å². The Morgan fingerprint density at radius 2 is 1.95 bits per heavy atom. The number of nitrogens with one attached hydrogen (secondary N) is 1. The molecule has 208 valence electrons. The Kier molecular flexibility index (Phi) is 6.70. The second kappa shape index (κ2) is 10.4. The van der Waals surface area contributed by atoms with Crippen molar-refractivity contribution in [2.24, 2.45) is 0 Å².